The molecule has 0 spiro atoms. The predicted molar refractivity (Wildman–Crippen MR) is 107 cm³/mol. The minimum Gasteiger partial charge on any atom is -0.338 e. The van der Waals surface area contributed by atoms with E-state index in [1.807, 2.05) is 6.92 Å². The van der Waals surface area contributed by atoms with Gasteiger partial charge in [-0.15, -0.1) is 11.3 Å². The highest BCUT2D eigenvalue weighted by molar-refractivity contribution is 8.00. The predicted octanol–water partition coefficient (Wildman–Crippen LogP) is 2.83. The molecule has 1 saturated heterocycles. The Kier molecular flexibility index (Phi) is 5.88. The molecule has 1 fully saturated rings. The highest BCUT2D eigenvalue weighted by Crippen LogP contribution is 2.34. The molecule has 0 radical (unpaired) electrons. The second kappa shape index (κ2) is 7.82. The second-order valence-electron chi connectivity index (χ2n) is 6.57. The van der Waals surface area contributed by atoms with Gasteiger partial charge in [-0.2, -0.15) is 0 Å². The fraction of sp³-hybridized carbons (Fsp3) is 0.588. The van der Waals surface area contributed by atoms with Gasteiger partial charge in [-0.25, -0.2) is 18.4 Å². The van der Waals surface area contributed by atoms with E-state index >= 15 is 0 Å². The van der Waals surface area contributed by atoms with Gasteiger partial charge in [0.1, 0.15) is 16.2 Å². The Morgan fingerprint density at radius 3 is 2.81 bits per heavy atom. The van der Waals surface area contributed by atoms with E-state index < -0.39 is 9.84 Å². The monoisotopic (exact) mass is 413 g/mol. The maximum Gasteiger partial charge on any atom is 0.233 e. The van der Waals surface area contributed by atoms with Crippen LogP contribution in [0.25, 0.3) is 10.2 Å². The minimum atomic E-state index is -3.01. The van der Waals surface area contributed by atoms with Crippen LogP contribution in [0.3, 0.4) is 0 Å². The van der Waals surface area contributed by atoms with Crippen molar-refractivity contribution in [3.63, 3.8) is 0 Å². The fourth-order valence-electron chi connectivity index (χ4n) is 3.25. The molecule has 3 rings (SSSR count). The summed E-state index contributed by atoms with van der Waals surface area (Å²) >= 11 is 3.05. The number of thioether (sulfide) groups is 1. The minimum absolute atomic E-state index is 0.0182. The first-order chi connectivity index (χ1) is 12.3. The molecule has 26 heavy (non-hydrogen) atoms. The molecule has 0 aromatic carbocycles. The molecule has 0 bridgehead atoms. The van der Waals surface area contributed by atoms with Crippen LogP contribution in [0, 0.1) is 13.8 Å². The molecule has 1 atom stereocenters. The summed E-state index contributed by atoms with van der Waals surface area (Å²) in [5, 5.41) is 1.85. The standard InChI is InChI=1S/C17H23N3O3S3/c1-4-6-20(13-5-7-26(22,23)9-13)14(21)8-24-16-15-11(2)12(3)25-17(15)19-10-18-16/h10,13H,4-9H2,1-3H3. The van der Waals surface area contributed by atoms with Crippen molar-refractivity contribution in [2.75, 3.05) is 23.8 Å². The van der Waals surface area contributed by atoms with E-state index in [2.05, 4.69) is 23.8 Å². The van der Waals surface area contributed by atoms with Gasteiger partial charge in [0.05, 0.1) is 17.3 Å². The number of hydrogen-bond acceptors (Lipinski definition) is 7. The Labute approximate surface area is 162 Å². The zero-order valence-corrected chi connectivity index (χ0v) is 17.6. The lowest BCUT2D eigenvalue weighted by Crippen LogP contribution is -2.42. The van der Waals surface area contributed by atoms with Crippen molar-refractivity contribution >= 4 is 49.1 Å². The summed E-state index contributed by atoms with van der Waals surface area (Å²) in [5.41, 5.74) is 1.16. The number of rotatable bonds is 6. The number of amides is 1. The highest BCUT2D eigenvalue weighted by Gasteiger charge is 2.34. The van der Waals surface area contributed by atoms with E-state index in [-0.39, 0.29) is 29.2 Å². The molecule has 3 heterocycles. The van der Waals surface area contributed by atoms with Crippen LogP contribution in [-0.2, 0) is 14.6 Å². The van der Waals surface area contributed by atoms with Crippen molar-refractivity contribution in [3.8, 4) is 0 Å². The number of nitrogens with zero attached hydrogens (tertiary/aromatic N) is 3. The van der Waals surface area contributed by atoms with Gasteiger partial charge in [0.25, 0.3) is 0 Å². The zero-order chi connectivity index (χ0) is 18.9. The number of carbonyl (C=O) groups excluding carboxylic acids is 1. The summed E-state index contributed by atoms with van der Waals surface area (Å²) in [6, 6.07) is -0.191. The Balaban J connectivity index is 1.75. The number of thiophene rings is 1. The second-order valence-corrected chi connectivity index (χ2v) is 11.0. The molecular weight excluding hydrogens is 390 g/mol. The van der Waals surface area contributed by atoms with Crippen molar-refractivity contribution in [1.82, 2.24) is 14.9 Å². The summed E-state index contributed by atoms with van der Waals surface area (Å²) in [4.78, 5) is 25.4. The van der Waals surface area contributed by atoms with Gasteiger partial charge >= 0.3 is 0 Å². The largest absolute Gasteiger partial charge is 0.338 e. The van der Waals surface area contributed by atoms with Crippen molar-refractivity contribution in [3.05, 3.63) is 16.8 Å². The van der Waals surface area contributed by atoms with Crippen LogP contribution in [0.2, 0.25) is 0 Å². The average Bonchev–Trinajstić information content (AvgIpc) is 3.10. The fourth-order valence-corrected chi connectivity index (χ4v) is 6.98. The van der Waals surface area contributed by atoms with Gasteiger partial charge in [-0.3, -0.25) is 4.79 Å². The van der Waals surface area contributed by atoms with Crippen molar-refractivity contribution in [1.29, 1.82) is 0 Å². The van der Waals surface area contributed by atoms with E-state index in [9.17, 15) is 13.2 Å². The summed E-state index contributed by atoms with van der Waals surface area (Å²) in [6.45, 7) is 6.71. The molecule has 2 aromatic heterocycles. The maximum atomic E-state index is 12.8. The summed E-state index contributed by atoms with van der Waals surface area (Å²) in [7, 11) is -3.01. The van der Waals surface area contributed by atoms with Crippen LogP contribution in [0.4, 0.5) is 0 Å². The molecule has 1 unspecified atom stereocenters. The lowest BCUT2D eigenvalue weighted by Gasteiger charge is -2.27. The van der Waals surface area contributed by atoms with Gasteiger partial charge in [0.15, 0.2) is 9.84 Å². The molecule has 6 nitrogen and oxygen atoms in total. The van der Waals surface area contributed by atoms with E-state index in [1.165, 1.54) is 23.0 Å². The number of carbonyl (C=O) groups is 1. The highest BCUT2D eigenvalue weighted by atomic mass is 32.2. The van der Waals surface area contributed by atoms with Crippen LogP contribution in [0.15, 0.2) is 11.4 Å². The molecule has 0 saturated carbocycles. The van der Waals surface area contributed by atoms with Crippen LogP contribution in [0.5, 0.6) is 0 Å². The first-order valence-electron chi connectivity index (χ1n) is 8.65. The van der Waals surface area contributed by atoms with Gasteiger partial charge in [-0.1, -0.05) is 18.7 Å². The van der Waals surface area contributed by atoms with E-state index in [0.717, 1.165) is 27.2 Å². The summed E-state index contributed by atoms with van der Waals surface area (Å²) in [5.74, 6) is 0.509. The van der Waals surface area contributed by atoms with Crippen LogP contribution >= 0.6 is 23.1 Å². The Bertz CT molecular complexity index is 924. The SMILES string of the molecule is CCCN(C(=O)CSc1ncnc2sc(C)c(C)c12)C1CCS(=O)(=O)C1. The number of sulfone groups is 1. The number of aromatic nitrogens is 2. The van der Waals surface area contributed by atoms with Crippen LogP contribution in [-0.4, -0.2) is 59.0 Å². The molecular formula is C17H23N3O3S3. The molecule has 0 N–H and O–H groups in total. The topological polar surface area (TPSA) is 80.2 Å². The number of fused-ring (bicyclic) bond motifs is 1. The zero-order valence-electron chi connectivity index (χ0n) is 15.2. The Hall–Kier alpha value is -1.19. The smallest absolute Gasteiger partial charge is 0.233 e. The van der Waals surface area contributed by atoms with Gasteiger partial charge in [0, 0.05) is 22.8 Å². The molecule has 1 aliphatic rings. The molecule has 0 aliphatic carbocycles. The Morgan fingerprint density at radius 2 is 2.15 bits per heavy atom. The first kappa shape index (κ1) is 19.6. The summed E-state index contributed by atoms with van der Waals surface area (Å²) < 4.78 is 23.6. The van der Waals surface area contributed by atoms with E-state index in [0.29, 0.717) is 13.0 Å². The van der Waals surface area contributed by atoms with Crippen LogP contribution in [0.1, 0.15) is 30.2 Å². The van der Waals surface area contributed by atoms with E-state index in [4.69, 9.17) is 0 Å². The Morgan fingerprint density at radius 1 is 1.38 bits per heavy atom. The lowest BCUT2D eigenvalue weighted by molar-refractivity contribution is -0.130. The molecule has 9 heteroatoms. The third-order valence-electron chi connectivity index (χ3n) is 4.70. The van der Waals surface area contributed by atoms with E-state index in [1.54, 1.807) is 16.2 Å². The van der Waals surface area contributed by atoms with Gasteiger partial charge < -0.3 is 4.90 Å². The lowest BCUT2D eigenvalue weighted by atomic mass is 10.2. The quantitative estimate of drug-likeness (QED) is 0.535. The van der Waals surface area contributed by atoms with Crippen molar-refractivity contribution in [2.45, 2.75) is 44.7 Å². The van der Waals surface area contributed by atoms with Crippen molar-refractivity contribution in [2.24, 2.45) is 0 Å². The average molecular weight is 414 g/mol. The van der Waals surface area contributed by atoms with Crippen LogP contribution < -0.4 is 0 Å². The molecule has 2 aromatic rings. The third-order valence-corrected chi connectivity index (χ3v) is 8.54. The normalized spacial score (nSPS) is 19.1. The summed E-state index contributed by atoms with van der Waals surface area (Å²) in [6.07, 6.45) is 2.89. The number of aryl methyl sites for hydroxylation is 2. The maximum absolute atomic E-state index is 12.8. The number of hydrogen-bond donors (Lipinski definition) is 0. The third kappa shape index (κ3) is 4.04. The molecule has 1 aliphatic heterocycles. The van der Waals surface area contributed by atoms with Gasteiger partial charge in [-0.05, 0) is 32.3 Å². The molecule has 1 amide bonds. The van der Waals surface area contributed by atoms with Gasteiger partial charge in [0.2, 0.25) is 5.91 Å². The van der Waals surface area contributed by atoms with Crippen molar-refractivity contribution < 1.29 is 13.2 Å². The first-order valence-corrected chi connectivity index (χ1v) is 12.3. The molecule has 142 valence electrons.